The molecule has 9 nitrogen and oxygen atoms in total. The summed E-state index contributed by atoms with van der Waals surface area (Å²) < 4.78 is 42.6. The van der Waals surface area contributed by atoms with Crippen LogP contribution in [0.15, 0.2) is 0 Å². The third-order valence-corrected chi connectivity index (χ3v) is 5.14. The van der Waals surface area contributed by atoms with Crippen molar-refractivity contribution in [1.82, 2.24) is 5.32 Å². The van der Waals surface area contributed by atoms with Crippen molar-refractivity contribution >= 4 is 23.3 Å². The highest BCUT2D eigenvalue weighted by molar-refractivity contribution is 7.50. The summed E-state index contributed by atoms with van der Waals surface area (Å²) in [6, 6.07) is -0.741. The van der Waals surface area contributed by atoms with Gasteiger partial charge in [-0.25, -0.2) is 0 Å². The molecule has 146 valence electrons. The summed E-state index contributed by atoms with van der Waals surface area (Å²) in [6.45, 7) is 1.47. The van der Waals surface area contributed by atoms with E-state index in [1.165, 1.54) is 0 Å². The van der Waals surface area contributed by atoms with Gasteiger partial charge in [-0.1, -0.05) is 12.8 Å². The lowest BCUT2D eigenvalue weighted by molar-refractivity contribution is -0.228. The van der Waals surface area contributed by atoms with E-state index in [1.54, 1.807) is 0 Å². The van der Waals surface area contributed by atoms with E-state index in [1.807, 2.05) is 7.05 Å². The van der Waals surface area contributed by atoms with Gasteiger partial charge in [0.15, 0.2) is 0 Å². The van der Waals surface area contributed by atoms with Crippen LogP contribution in [0.2, 0.25) is 0 Å². The molecule has 0 aromatic heterocycles. The van der Waals surface area contributed by atoms with Gasteiger partial charge in [-0.2, -0.15) is 0 Å². The standard InChI is InChI=1S/C13H28BNO8P2/c1-15-7-5-3-4-6-8-20-25(18,19)21-10-12-11(9-13(14)22-12)23-24(2,16)17/h11-13,15H,3-10H2,1-2H3,(H,16,17)(H,18,19)/p-2. The molecule has 0 bridgehead atoms. The first kappa shape index (κ1) is 23.3. The molecule has 2 radical (unpaired) electrons. The average molecular weight is 397 g/mol. The second-order valence-electron chi connectivity index (χ2n) is 5.96. The van der Waals surface area contributed by atoms with Crippen LogP contribution in [-0.2, 0) is 27.4 Å². The van der Waals surface area contributed by atoms with E-state index in [-0.39, 0.29) is 13.0 Å². The monoisotopic (exact) mass is 397 g/mol. The molecule has 0 spiro atoms. The van der Waals surface area contributed by atoms with Gasteiger partial charge in [0.1, 0.15) is 21.5 Å². The molecule has 0 aromatic carbocycles. The second-order valence-corrected chi connectivity index (χ2v) is 9.12. The summed E-state index contributed by atoms with van der Waals surface area (Å²) in [5.41, 5.74) is 0. The minimum Gasteiger partial charge on any atom is -0.779 e. The zero-order valence-corrected chi connectivity index (χ0v) is 16.4. The van der Waals surface area contributed by atoms with Gasteiger partial charge < -0.3 is 38.0 Å². The van der Waals surface area contributed by atoms with Crippen molar-refractivity contribution in [3.63, 3.8) is 0 Å². The van der Waals surface area contributed by atoms with Gasteiger partial charge in [0.2, 0.25) is 0 Å². The van der Waals surface area contributed by atoms with Crippen LogP contribution in [0.1, 0.15) is 32.1 Å². The van der Waals surface area contributed by atoms with E-state index in [2.05, 4.69) is 5.32 Å². The Kier molecular flexibility index (Phi) is 10.4. The van der Waals surface area contributed by atoms with Crippen LogP contribution in [0.5, 0.6) is 0 Å². The van der Waals surface area contributed by atoms with Gasteiger partial charge in [-0.05, 0) is 32.9 Å². The molecule has 1 aliphatic rings. The first-order valence-corrected chi connectivity index (χ1v) is 11.7. The minimum absolute atomic E-state index is 0.0377. The van der Waals surface area contributed by atoms with E-state index in [9.17, 15) is 18.9 Å². The number of hydrogen-bond acceptors (Lipinski definition) is 9. The molecule has 1 N–H and O–H groups in total. The van der Waals surface area contributed by atoms with Crippen LogP contribution in [0.3, 0.4) is 0 Å². The van der Waals surface area contributed by atoms with E-state index in [0.29, 0.717) is 6.42 Å². The van der Waals surface area contributed by atoms with Crippen LogP contribution in [0.25, 0.3) is 0 Å². The van der Waals surface area contributed by atoms with Crippen molar-refractivity contribution in [2.24, 2.45) is 0 Å². The molecule has 0 aliphatic carbocycles. The van der Waals surface area contributed by atoms with Gasteiger partial charge in [0, 0.05) is 12.7 Å². The maximum atomic E-state index is 11.7. The van der Waals surface area contributed by atoms with Gasteiger partial charge in [-0.3, -0.25) is 4.57 Å². The van der Waals surface area contributed by atoms with E-state index in [4.69, 9.17) is 26.2 Å². The summed E-state index contributed by atoms with van der Waals surface area (Å²) in [6.07, 6.45) is 1.81. The molecular weight excluding hydrogens is 371 g/mol. The highest BCUT2D eigenvalue weighted by Gasteiger charge is 2.35. The number of nitrogens with one attached hydrogen (secondary N) is 1. The molecule has 1 rings (SSSR count). The zero-order chi connectivity index (χ0) is 18.9. The van der Waals surface area contributed by atoms with Crippen LogP contribution >= 0.6 is 15.4 Å². The maximum absolute atomic E-state index is 11.7. The molecule has 5 unspecified atom stereocenters. The lowest BCUT2D eigenvalue weighted by Crippen LogP contribution is -2.30. The van der Waals surface area contributed by atoms with Gasteiger partial charge in [0.05, 0.1) is 19.3 Å². The van der Waals surface area contributed by atoms with E-state index < -0.39 is 40.2 Å². The van der Waals surface area contributed by atoms with Crippen LogP contribution in [-0.4, -0.2) is 59.5 Å². The average Bonchev–Trinajstić information content (AvgIpc) is 2.82. The second kappa shape index (κ2) is 11.2. The third-order valence-electron chi connectivity index (χ3n) is 3.52. The molecule has 1 heterocycles. The number of unbranched alkanes of at least 4 members (excludes halogenated alkanes) is 3. The molecule has 0 aromatic rings. The largest absolute Gasteiger partial charge is 0.779 e. The summed E-state index contributed by atoms with van der Waals surface area (Å²) in [5.74, 6) is 0. The van der Waals surface area contributed by atoms with Gasteiger partial charge in [-0.15, -0.1) is 0 Å². The SMILES string of the molecule is [B]C1CC(OP(C)(=O)[O-])C(COP(=O)([O-])OCCCCCCNC)O1. The van der Waals surface area contributed by atoms with Crippen LogP contribution in [0, 0.1) is 0 Å². The summed E-state index contributed by atoms with van der Waals surface area (Å²) >= 11 is 0. The molecule has 1 saturated heterocycles. The van der Waals surface area contributed by atoms with Crippen molar-refractivity contribution < 1.29 is 37.2 Å². The Balaban J connectivity index is 2.29. The molecule has 25 heavy (non-hydrogen) atoms. The number of phosphoric ester groups is 1. The smallest absolute Gasteiger partial charge is 0.267 e. The number of hydrogen-bond donors (Lipinski definition) is 1. The lowest BCUT2D eigenvalue weighted by atomic mass is 9.96. The fraction of sp³-hybridized carbons (Fsp3) is 1.00. The molecule has 1 aliphatic heterocycles. The Morgan fingerprint density at radius 3 is 2.52 bits per heavy atom. The predicted octanol–water partition coefficient (Wildman–Crippen LogP) is 0.120. The number of ether oxygens (including phenoxy) is 1. The molecule has 5 atom stereocenters. The van der Waals surface area contributed by atoms with E-state index >= 15 is 0 Å². The first-order chi connectivity index (χ1) is 11.6. The maximum Gasteiger partial charge on any atom is 0.267 e. The molecule has 0 saturated carbocycles. The highest BCUT2D eigenvalue weighted by Crippen LogP contribution is 2.42. The Labute approximate surface area is 150 Å². The Morgan fingerprint density at radius 2 is 1.88 bits per heavy atom. The fourth-order valence-electron chi connectivity index (χ4n) is 2.39. The predicted molar refractivity (Wildman–Crippen MR) is 89.3 cm³/mol. The Bertz CT molecular complexity index is 477. The lowest BCUT2D eigenvalue weighted by Gasteiger charge is -2.28. The summed E-state index contributed by atoms with van der Waals surface area (Å²) in [4.78, 5) is 23.0. The van der Waals surface area contributed by atoms with Gasteiger partial charge >= 0.3 is 0 Å². The highest BCUT2D eigenvalue weighted by atomic mass is 31.2. The van der Waals surface area contributed by atoms with Crippen LogP contribution in [0.4, 0.5) is 0 Å². The topological polar surface area (TPSA) is 129 Å². The molecular formula is C13H26BNO8P2-2. The minimum atomic E-state index is -4.49. The van der Waals surface area contributed by atoms with Crippen LogP contribution < -0.4 is 15.1 Å². The zero-order valence-electron chi connectivity index (χ0n) is 14.6. The molecule has 0 amide bonds. The molecule has 1 fully saturated rings. The van der Waals surface area contributed by atoms with Crippen molar-refractivity contribution in [3.05, 3.63) is 0 Å². The number of phosphoric acid groups is 1. The van der Waals surface area contributed by atoms with Crippen molar-refractivity contribution in [1.29, 1.82) is 0 Å². The van der Waals surface area contributed by atoms with Crippen molar-refractivity contribution in [2.75, 3.05) is 33.5 Å². The normalized spacial score (nSPS) is 28.6. The summed E-state index contributed by atoms with van der Waals surface area (Å²) in [7, 11) is -1.02. The first-order valence-electron chi connectivity index (χ1n) is 8.25. The quantitative estimate of drug-likeness (QED) is 0.262. The van der Waals surface area contributed by atoms with E-state index in [0.717, 1.165) is 32.5 Å². The third kappa shape index (κ3) is 10.9. The van der Waals surface area contributed by atoms with Crippen molar-refractivity contribution in [3.8, 4) is 0 Å². The Morgan fingerprint density at radius 1 is 1.20 bits per heavy atom. The fourth-order valence-corrected chi connectivity index (χ4v) is 3.86. The number of rotatable bonds is 13. The Hall–Kier alpha value is 0.245. The molecule has 12 heteroatoms. The summed E-state index contributed by atoms with van der Waals surface area (Å²) in [5, 5.41) is 3.03. The van der Waals surface area contributed by atoms with Gasteiger partial charge in [0.25, 0.3) is 7.82 Å². The van der Waals surface area contributed by atoms with Crippen molar-refractivity contribution in [2.45, 2.75) is 50.3 Å².